The molecule has 0 radical (unpaired) electrons. The van der Waals surface area contributed by atoms with Crippen LogP contribution in [0.1, 0.15) is 39.5 Å². The minimum atomic E-state index is -0.445. The van der Waals surface area contributed by atoms with Gasteiger partial charge in [-0.2, -0.15) is 0 Å². The number of hydrogen-bond acceptors (Lipinski definition) is 4. The van der Waals surface area contributed by atoms with Crippen molar-refractivity contribution < 1.29 is 14.4 Å². The Balaban J connectivity index is 1.43. The summed E-state index contributed by atoms with van der Waals surface area (Å²) in [6.45, 7) is 7.85. The van der Waals surface area contributed by atoms with E-state index in [9.17, 15) is 14.4 Å². The zero-order valence-corrected chi connectivity index (χ0v) is 24.3. The van der Waals surface area contributed by atoms with Crippen LogP contribution >= 0.6 is 11.8 Å². The molecule has 0 fully saturated rings. The van der Waals surface area contributed by atoms with E-state index in [1.165, 1.54) is 17.3 Å². The van der Waals surface area contributed by atoms with E-state index in [-0.39, 0.29) is 22.8 Å². The Morgan fingerprint density at radius 3 is 2.05 bits per heavy atom. The summed E-state index contributed by atoms with van der Waals surface area (Å²) in [4.78, 5) is 39.8. The van der Waals surface area contributed by atoms with Crippen LogP contribution in [0.2, 0.25) is 0 Å². The fourth-order valence-corrected chi connectivity index (χ4v) is 4.85. The smallest absolute Gasteiger partial charge is 0.272 e. The Morgan fingerprint density at radius 1 is 0.707 bits per heavy atom. The van der Waals surface area contributed by atoms with Crippen molar-refractivity contribution in [2.24, 2.45) is 0 Å². The number of amides is 3. The summed E-state index contributed by atoms with van der Waals surface area (Å²) in [7, 11) is 0. The van der Waals surface area contributed by atoms with Crippen LogP contribution in [0.4, 0.5) is 11.4 Å². The van der Waals surface area contributed by atoms with Gasteiger partial charge in [-0.25, -0.2) is 0 Å². The lowest BCUT2D eigenvalue weighted by atomic mass is 10.1. The van der Waals surface area contributed by atoms with Crippen molar-refractivity contribution in [3.63, 3.8) is 0 Å². The summed E-state index contributed by atoms with van der Waals surface area (Å²) < 4.78 is 0. The van der Waals surface area contributed by atoms with Crippen LogP contribution in [0.15, 0.2) is 108 Å². The summed E-state index contributed by atoms with van der Waals surface area (Å²) in [5.74, 6) is -0.907. The average Bonchev–Trinajstić information content (AvgIpc) is 2.97. The molecule has 7 heteroatoms. The fourth-order valence-electron chi connectivity index (χ4n) is 3.98. The molecule has 0 aliphatic carbocycles. The van der Waals surface area contributed by atoms with Gasteiger partial charge in [0.25, 0.3) is 11.8 Å². The minimum Gasteiger partial charge on any atom is -0.325 e. The summed E-state index contributed by atoms with van der Waals surface area (Å²) in [6, 6.07) is 29.5. The van der Waals surface area contributed by atoms with E-state index in [1.54, 1.807) is 42.5 Å². The first-order valence-electron chi connectivity index (χ1n) is 13.3. The lowest BCUT2D eigenvalue weighted by molar-refractivity contribution is -0.115. The summed E-state index contributed by atoms with van der Waals surface area (Å²) >= 11 is 1.43. The molecule has 6 nitrogen and oxygen atoms in total. The van der Waals surface area contributed by atoms with E-state index in [2.05, 4.69) is 16.0 Å². The summed E-state index contributed by atoms with van der Waals surface area (Å²) in [5.41, 5.74) is 6.02. The monoisotopic (exact) mass is 563 g/mol. The van der Waals surface area contributed by atoms with Crippen LogP contribution in [0.25, 0.3) is 6.08 Å². The molecule has 3 N–H and O–H groups in total. The van der Waals surface area contributed by atoms with Crippen molar-refractivity contribution in [1.82, 2.24) is 5.32 Å². The van der Waals surface area contributed by atoms with Crippen molar-refractivity contribution in [3.05, 3.63) is 131 Å². The second-order valence-corrected chi connectivity index (χ2v) is 11.2. The van der Waals surface area contributed by atoms with Gasteiger partial charge in [-0.05, 0) is 105 Å². The van der Waals surface area contributed by atoms with Crippen molar-refractivity contribution in [3.8, 4) is 0 Å². The number of anilines is 2. The first kappa shape index (κ1) is 29.4. The van der Waals surface area contributed by atoms with E-state index in [4.69, 9.17) is 0 Å². The Hall–Kier alpha value is -4.62. The second kappa shape index (κ2) is 13.6. The van der Waals surface area contributed by atoms with Crippen LogP contribution in [-0.2, 0) is 9.59 Å². The highest BCUT2D eigenvalue weighted by molar-refractivity contribution is 8.00. The topological polar surface area (TPSA) is 87.3 Å². The first-order chi connectivity index (χ1) is 19.7. The number of aryl methyl sites for hydroxylation is 3. The predicted molar refractivity (Wildman–Crippen MR) is 168 cm³/mol. The van der Waals surface area contributed by atoms with Gasteiger partial charge in [-0.1, -0.05) is 48.5 Å². The fraction of sp³-hybridized carbons (Fsp3) is 0.147. The quantitative estimate of drug-likeness (QED) is 0.149. The molecule has 1 unspecified atom stereocenters. The second-order valence-electron chi connectivity index (χ2n) is 9.76. The molecule has 0 bridgehead atoms. The van der Waals surface area contributed by atoms with Gasteiger partial charge in [-0.3, -0.25) is 14.4 Å². The molecule has 0 aliphatic heterocycles. The highest BCUT2D eigenvalue weighted by Crippen LogP contribution is 2.26. The molecule has 208 valence electrons. The molecular formula is C34H33N3O3S. The zero-order chi connectivity index (χ0) is 29.4. The summed E-state index contributed by atoms with van der Waals surface area (Å²) in [6.07, 6.45) is 1.67. The van der Waals surface area contributed by atoms with Gasteiger partial charge in [0.15, 0.2) is 0 Å². The molecule has 1 atom stereocenters. The van der Waals surface area contributed by atoms with Crippen molar-refractivity contribution in [1.29, 1.82) is 0 Å². The van der Waals surface area contributed by atoms with E-state index in [0.29, 0.717) is 11.3 Å². The Labute approximate surface area is 245 Å². The average molecular weight is 564 g/mol. The van der Waals surface area contributed by atoms with Gasteiger partial charge in [0.2, 0.25) is 5.91 Å². The lowest BCUT2D eigenvalue weighted by Crippen LogP contribution is -2.30. The molecule has 0 aliphatic rings. The Bertz CT molecular complexity index is 1580. The normalized spacial score (nSPS) is 11.9. The van der Waals surface area contributed by atoms with E-state index < -0.39 is 5.91 Å². The third kappa shape index (κ3) is 8.19. The molecule has 0 spiro atoms. The molecule has 4 rings (SSSR count). The first-order valence-corrected chi connectivity index (χ1v) is 14.2. The van der Waals surface area contributed by atoms with E-state index in [0.717, 1.165) is 27.3 Å². The third-order valence-electron chi connectivity index (χ3n) is 6.59. The molecule has 3 amide bonds. The highest BCUT2D eigenvalue weighted by Gasteiger charge is 2.17. The Kier molecular flexibility index (Phi) is 9.77. The highest BCUT2D eigenvalue weighted by atomic mass is 32.2. The number of benzene rings is 4. The molecule has 41 heavy (non-hydrogen) atoms. The molecular weight excluding hydrogens is 530 g/mol. The Morgan fingerprint density at radius 2 is 1.37 bits per heavy atom. The van der Waals surface area contributed by atoms with Crippen LogP contribution in [0.3, 0.4) is 0 Å². The third-order valence-corrected chi connectivity index (χ3v) is 7.70. The zero-order valence-electron chi connectivity index (χ0n) is 23.5. The van der Waals surface area contributed by atoms with Crippen LogP contribution in [0, 0.1) is 20.8 Å². The molecule has 0 aromatic heterocycles. The molecule has 4 aromatic carbocycles. The number of rotatable bonds is 9. The van der Waals surface area contributed by atoms with Crippen molar-refractivity contribution in [2.75, 3.05) is 10.6 Å². The number of hydrogen-bond donors (Lipinski definition) is 3. The van der Waals surface area contributed by atoms with Crippen LogP contribution in [-0.4, -0.2) is 23.0 Å². The van der Waals surface area contributed by atoms with Crippen LogP contribution < -0.4 is 16.0 Å². The SMILES string of the molecule is Cc1ccc(NC(=O)C(C)Sc2ccc(NC(=O)/C(=C/c3ccccc3C)NC(=O)c3ccccc3)cc2)cc1C. The number of thioether (sulfide) groups is 1. The van der Waals surface area contributed by atoms with Gasteiger partial charge in [0, 0.05) is 21.8 Å². The predicted octanol–water partition coefficient (Wildman–Crippen LogP) is 7.14. The lowest BCUT2D eigenvalue weighted by Gasteiger charge is -2.14. The van der Waals surface area contributed by atoms with Crippen molar-refractivity contribution in [2.45, 2.75) is 37.8 Å². The molecule has 0 saturated carbocycles. The summed E-state index contributed by atoms with van der Waals surface area (Å²) in [5, 5.41) is 8.29. The molecule has 4 aromatic rings. The number of carbonyl (C=O) groups is 3. The van der Waals surface area contributed by atoms with Gasteiger partial charge in [0.05, 0.1) is 5.25 Å². The molecule has 0 saturated heterocycles. The van der Waals surface area contributed by atoms with Crippen molar-refractivity contribution >= 4 is 46.9 Å². The van der Waals surface area contributed by atoms with E-state index in [1.807, 2.05) is 88.4 Å². The maximum absolute atomic E-state index is 13.3. The maximum Gasteiger partial charge on any atom is 0.272 e. The van der Waals surface area contributed by atoms with E-state index >= 15 is 0 Å². The number of carbonyl (C=O) groups excluding carboxylic acids is 3. The van der Waals surface area contributed by atoms with Crippen LogP contribution in [0.5, 0.6) is 0 Å². The van der Waals surface area contributed by atoms with Gasteiger partial charge in [0.1, 0.15) is 5.70 Å². The maximum atomic E-state index is 13.3. The minimum absolute atomic E-state index is 0.0872. The molecule has 0 heterocycles. The largest absolute Gasteiger partial charge is 0.325 e. The van der Waals surface area contributed by atoms with Gasteiger partial charge < -0.3 is 16.0 Å². The number of nitrogens with one attached hydrogen (secondary N) is 3. The van der Waals surface area contributed by atoms with Gasteiger partial charge in [-0.15, -0.1) is 11.8 Å². The van der Waals surface area contributed by atoms with Gasteiger partial charge >= 0.3 is 0 Å². The standard InChI is InChI=1S/C34H33N3O3S/c1-22-14-15-29(20-24(22)3)36-32(38)25(4)41-30-18-16-28(17-19-30)35-34(40)31(21-27-13-9-8-10-23(27)2)37-33(39)26-11-6-5-7-12-26/h5-21,25H,1-4H3,(H,35,40)(H,36,38)(H,37,39)/b31-21-.